The number of nitrogens with one attached hydrogen (secondary N) is 2. The van der Waals surface area contributed by atoms with Crippen LogP contribution in [0.1, 0.15) is 15.2 Å². The lowest BCUT2D eigenvalue weighted by atomic mass is 10.2. The highest BCUT2D eigenvalue weighted by Crippen LogP contribution is 2.07. The van der Waals surface area contributed by atoms with Gasteiger partial charge in [-0.3, -0.25) is 9.59 Å². The maximum Gasteiger partial charge on any atom is 0.251 e. The molecular formula is C14H15N3O2S. The van der Waals surface area contributed by atoms with Crippen molar-refractivity contribution in [1.82, 2.24) is 10.6 Å². The molecule has 0 aliphatic heterocycles. The fraction of sp³-hybridized carbons (Fsp3) is 0.143. The molecule has 0 saturated heterocycles. The molecule has 6 heteroatoms. The molecule has 104 valence electrons. The molecule has 0 spiro atoms. The topological polar surface area (TPSA) is 84.2 Å². The van der Waals surface area contributed by atoms with E-state index >= 15 is 0 Å². The van der Waals surface area contributed by atoms with Crippen molar-refractivity contribution >= 4 is 28.8 Å². The van der Waals surface area contributed by atoms with Gasteiger partial charge in [0.2, 0.25) is 5.91 Å². The van der Waals surface area contributed by atoms with Gasteiger partial charge in [-0.15, -0.1) is 11.3 Å². The number of carbonyl (C=O) groups excluding carboxylic acids is 2. The Labute approximate surface area is 120 Å². The molecule has 1 aromatic carbocycles. The molecule has 0 atom stereocenters. The van der Waals surface area contributed by atoms with Gasteiger partial charge in [0, 0.05) is 16.1 Å². The SMILES string of the molecule is Nc1ccc(C(=O)NCC(=O)NCc2cccs2)cc1. The number of hydrogen-bond donors (Lipinski definition) is 3. The third-order valence-electron chi connectivity index (χ3n) is 2.62. The van der Waals surface area contributed by atoms with Gasteiger partial charge in [-0.25, -0.2) is 0 Å². The number of amides is 2. The third-order valence-corrected chi connectivity index (χ3v) is 3.50. The van der Waals surface area contributed by atoms with Crippen molar-refractivity contribution in [3.8, 4) is 0 Å². The first-order chi connectivity index (χ1) is 9.65. The zero-order valence-corrected chi connectivity index (χ0v) is 11.6. The number of anilines is 1. The van der Waals surface area contributed by atoms with Crippen molar-refractivity contribution in [3.63, 3.8) is 0 Å². The van der Waals surface area contributed by atoms with Crippen LogP contribution in [0.25, 0.3) is 0 Å². The van der Waals surface area contributed by atoms with Crippen LogP contribution in [0.5, 0.6) is 0 Å². The first-order valence-corrected chi connectivity index (χ1v) is 6.96. The lowest BCUT2D eigenvalue weighted by Gasteiger charge is -2.06. The Morgan fingerprint density at radius 1 is 1.10 bits per heavy atom. The Bertz CT molecular complexity index is 579. The Hall–Kier alpha value is -2.34. The number of nitrogens with two attached hydrogens (primary N) is 1. The number of hydrogen-bond acceptors (Lipinski definition) is 4. The summed E-state index contributed by atoms with van der Waals surface area (Å²) in [5.41, 5.74) is 6.61. The quantitative estimate of drug-likeness (QED) is 0.727. The van der Waals surface area contributed by atoms with Gasteiger partial charge in [-0.2, -0.15) is 0 Å². The summed E-state index contributed by atoms with van der Waals surface area (Å²) in [4.78, 5) is 24.4. The molecule has 0 saturated carbocycles. The predicted molar refractivity (Wildman–Crippen MR) is 79.4 cm³/mol. The molecule has 1 aromatic heterocycles. The second-order valence-electron chi connectivity index (χ2n) is 4.16. The average Bonchev–Trinajstić information content (AvgIpc) is 2.96. The Morgan fingerprint density at radius 3 is 2.50 bits per heavy atom. The van der Waals surface area contributed by atoms with E-state index in [0.29, 0.717) is 17.8 Å². The molecule has 0 radical (unpaired) electrons. The molecule has 1 heterocycles. The van der Waals surface area contributed by atoms with Gasteiger partial charge in [-0.1, -0.05) is 6.07 Å². The number of carbonyl (C=O) groups is 2. The van der Waals surface area contributed by atoms with Crippen LogP contribution in [0.2, 0.25) is 0 Å². The number of benzene rings is 1. The molecule has 20 heavy (non-hydrogen) atoms. The molecule has 2 amide bonds. The summed E-state index contributed by atoms with van der Waals surface area (Å²) in [6.07, 6.45) is 0. The van der Waals surface area contributed by atoms with Crippen molar-refractivity contribution in [2.24, 2.45) is 0 Å². The summed E-state index contributed by atoms with van der Waals surface area (Å²) in [7, 11) is 0. The van der Waals surface area contributed by atoms with Crippen molar-refractivity contribution in [1.29, 1.82) is 0 Å². The van der Waals surface area contributed by atoms with E-state index in [0.717, 1.165) is 4.88 Å². The fourth-order valence-electron chi connectivity index (χ4n) is 1.56. The lowest BCUT2D eigenvalue weighted by Crippen LogP contribution is -2.36. The first kappa shape index (κ1) is 14.1. The van der Waals surface area contributed by atoms with E-state index in [-0.39, 0.29) is 18.4 Å². The maximum absolute atomic E-state index is 11.8. The highest BCUT2D eigenvalue weighted by atomic mass is 32.1. The van der Waals surface area contributed by atoms with Crippen LogP contribution in [0.3, 0.4) is 0 Å². The van der Waals surface area contributed by atoms with Gasteiger partial charge in [0.15, 0.2) is 0 Å². The minimum Gasteiger partial charge on any atom is -0.399 e. The standard InChI is InChI=1S/C14H15N3O2S/c15-11-5-3-10(4-6-11)14(19)17-9-13(18)16-8-12-2-1-7-20-12/h1-7H,8-9,15H2,(H,16,18)(H,17,19). The van der Waals surface area contributed by atoms with Crippen molar-refractivity contribution in [3.05, 3.63) is 52.2 Å². The largest absolute Gasteiger partial charge is 0.399 e. The highest BCUT2D eigenvalue weighted by Gasteiger charge is 2.07. The van der Waals surface area contributed by atoms with Gasteiger partial charge >= 0.3 is 0 Å². The number of rotatable bonds is 5. The predicted octanol–water partition coefficient (Wildman–Crippen LogP) is 1.38. The molecule has 0 aliphatic rings. The zero-order chi connectivity index (χ0) is 14.4. The monoisotopic (exact) mass is 289 g/mol. The molecule has 4 N–H and O–H groups in total. The maximum atomic E-state index is 11.8. The number of nitrogen functional groups attached to an aromatic ring is 1. The molecule has 0 fully saturated rings. The Balaban J connectivity index is 1.75. The van der Waals surface area contributed by atoms with E-state index in [2.05, 4.69) is 10.6 Å². The molecule has 2 rings (SSSR count). The normalized spacial score (nSPS) is 10.0. The van der Waals surface area contributed by atoms with Crippen LogP contribution >= 0.6 is 11.3 Å². The van der Waals surface area contributed by atoms with Crippen LogP contribution in [0, 0.1) is 0 Å². The molecule has 2 aromatic rings. The van der Waals surface area contributed by atoms with Gasteiger partial charge in [0.1, 0.15) is 0 Å². The van der Waals surface area contributed by atoms with Crippen molar-refractivity contribution in [2.75, 3.05) is 12.3 Å². The molecule has 0 unspecified atom stereocenters. The summed E-state index contributed by atoms with van der Waals surface area (Å²) in [6.45, 7) is 0.433. The minimum atomic E-state index is -0.295. The Kier molecular flexibility index (Phi) is 4.73. The average molecular weight is 289 g/mol. The van der Waals surface area contributed by atoms with Crippen LogP contribution in [0.15, 0.2) is 41.8 Å². The molecule has 0 aliphatic carbocycles. The first-order valence-electron chi connectivity index (χ1n) is 6.08. The van der Waals surface area contributed by atoms with E-state index < -0.39 is 0 Å². The van der Waals surface area contributed by atoms with Crippen LogP contribution in [-0.4, -0.2) is 18.4 Å². The van der Waals surface area contributed by atoms with Crippen LogP contribution in [0.4, 0.5) is 5.69 Å². The fourth-order valence-corrected chi connectivity index (χ4v) is 2.20. The molecule has 0 bridgehead atoms. The van der Waals surface area contributed by atoms with E-state index in [9.17, 15) is 9.59 Å². The van der Waals surface area contributed by atoms with Gasteiger partial charge in [0.05, 0.1) is 13.1 Å². The Morgan fingerprint density at radius 2 is 1.85 bits per heavy atom. The second-order valence-corrected chi connectivity index (χ2v) is 5.19. The smallest absolute Gasteiger partial charge is 0.251 e. The second kappa shape index (κ2) is 6.72. The van der Waals surface area contributed by atoms with Crippen LogP contribution < -0.4 is 16.4 Å². The van der Waals surface area contributed by atoms with Crippen molar-refractivity contribution in [2.45, 2.75) is 6.54 Å². The van der Waals surface area contributed by atoms with Gasteiger partial charge in [0.25, 0.3) is 5.91 Å². The summed E-state index contributed by atoms with van der Waals surface area (Å²) in [6, 6.07) is 10.4. The van der Waals surface area contributed by atoms with E-state index in [1.54, 1.807) is 35.6 Å². The van der Waals surface area contributed by atoms with E-state index in [1.807, 2.05) is 17.5 Å². The highest BCUT2D eigenvalue weighted by molar-refractivity contribution is 7.09. The van der Waals surface area contributed by atoms with Gasteiger partial charge < -0.3 is 16.4 Å². The summed E-state index contributed by atoms with van der Waals surface area (Å²) >= 11 is 1.57. The minimum absolute atomic E-state index is 0.0470. The van der Waals surface area contributed by atoms with Crippen LogP contribution in [-0.2, 0) is 11.3 Å². The van der Waals surface area contributed by atoms with Crippen molar-refractivity contribution < 1.29 is 9.59 Å². The van der Waals surface area contributed by atoms with E-state index in [1.165, 1.54) is 0 Å². The zero-order valence-electron chi connectivity index (χ0n) is 10.8. The van der Waals surface area contributed by atoms with Gasteiger partial charge in [-0.05, 0) is 35.7 Å². The van der Waals surface area contributed by atoms with E-state index in [4.69, 9.17) is 5.73 Å². The molecule has 5 nitrogen and oxygen atoms in total. The number of thiophene rings is 1. The lowest BCUT2D eigenvalue weighted by molar-refractivity contribution is -0.120. The molecular weight excluding hydrogens is 274 g/mol. The third kappa shape index (κ3) is 4.10. The summed E-state index contributed by atoms with van der Waals surface area (Å²) < 4.78 is 0. The summed E-state index contributed by atoms with van der Waals surface area (Å²) in [5, 5.41) is 7.25. The summed E-state index contributed by atoms with van der Waals surface area (Å²) in [5.74, 6) is -0.515.